The van der Waals surface area contributed by atoms with Crippen molar-refractivity contribution >= 4 is 5.95 Å². The van der Waals surface area contributed by atoms with E-state index in [0.29, 0.717) is 0 Å². The lowest BCUT2D eigenvalue weighted by Crippen LogP contribution is -2.30. The molecule has 1 aliphatic heterocycles. The summed E-state index contributed by atoms with van der Waals surface area (Å²) in [5, 5.41) is 4.37. The zero-order chi connectivity index (χ0) is 13.2. The molecule has 0 spiro atoms. The van der Waals surface area contributed by atoms with Gasteiger partial charge in [0.05, 0.1) is 11.4 Å². The lowest BCUT2D eigenvalue weighted by Gasteiger charge is -2.26. The first kappa shape index (κ1) is 12.1. The van der Waals surface area contributed by atoms with Crippen LogP contribution in [0.15, 0.2) is 18.5 Å². The van der Waals surface area contributed by atoms with Crippen molar-refractivity contribution in [1.29, 1.82) is 0 Å². The first-order chi connectivity index (χ1) is 9.24. The molecule has 3 rings (SSSR count). The van der Waals surface area contributed by atoms with Gasteiger partial charge in [-0.1, -0.05) is 0 Å². The molecule has 1 saturated heterocycles. The summed E-state index contributed by atoms with van der Waals surface area (Å²) in [6.45, 7) is 4.14. The Bertz CT molecular complexity index is 569. The largest absolute Gasteiger partial charge is 0.341 e. The van der Waals surface area contributed by atoms with Gasteiger partial charge < -0.3 is 4.90 Å². The van der Waals surface area contributed by atoms with Crippen LogP contribution < -0.4 is 4.90 Å². The molecule has 0 aliphatic carbocycles. The first-order valence-corrected chi connectivity index (χ1v) is 6.82. The molecule has 3 heterocycles. The highest BCUT2D eigenvalue weighted by Gasteiger charge is 2.15. The SMILES string of the molecule is Cc1nn(C)cc1-c1ccnc(N2CCCCC2)n1. The molecule has 5 nitrogen and oxygen atoms in total. The van der Waals surface area contributed by atoms with E-state index in [4.69, 9.17) is 4.98 Å². The van der Waals surface area contributed by atoms with Crippen molar-refractivity contribution < 1.29 is 0 Å². The summed E-state index contributed by atoms with van der Waals surface area (Å²) in [5.41, 5.74) is 3.05. The van der Waals surface area contributed by atoms with Crippen LogP contribution in [-0.2, 0) is 7.05 Å². The smallest absolute Gasteiger partial charge is 0.225 e. The van der Waals surface area contributed by atoms with Gasteiger partial charge in [0.25, 0.3) is 0 Å². The zero-order valence-corrected chi connectivity index (χ0v) is 11.5. The van der Waals surface area contributed by atoms with E-state index in [2.05, 4.69) is 15.0 Å². The molecule has 0 amide bonds. The van der Waals surface area contributed by atoms with Gasteiger partial charge in [0.2, 0.25) is 5.95 Å². The van der Waals surface area contributed by atoms with Gasteiger partial charge >= 0.3 is 0 Å². The molecular formula is C14H19N5. The Morgan fingerprint density at radius 2 is 1.95 bits per heavy atom. The summed E-state index contributed by atoms with van der Waals surface area (Å²) >= 11 is 0. The summed E-state index contributed by atoms with van der Waals surface area (Å²) in [6.07, 6.45) is 7.65. The van der Waals surface area contributed by atoms with Gasteiger partial charge in [-0.25, -0.2) is 9.97 Å². The zero-order valence-electron chi connectivity index (χ0n) is 11.5. The normalized spacial score (nSPS) is 15.8. The van der Waals surface area contributed by atoms with E-state index in [1.165, 1.54) is 19.3 Å². The number of hydrogen-bond acceptors (Lipinski definition) is 4. The third kappa shape index (κ3) is 2.45. The van der Waals surface area contributed by atoms with Crippen molar-refractivity contribution in [3.8, 4) is 11.3 Å². The molecule has 0 radical (unpaired) electrons. The molecular weight excluding hydrogens is 238 g/mol. The third-order valence-electron chi connectivity index (χ3n) is 3.57. The third-order valence-corrected chi connectivity index (χ3v) is 3.57. The first-order valence-electron chi connectivity index (χ1n) is 6.82. The molecule has 1 fully saturated rings. The van der Waals surface area contributed by atoms with Crippen LogP contribution in [0, 0.1) is 6.92 Å². The fraction of sp³-hybridized carbons (Fsp3) is 0.500. The molecule has 0 aromatic carbocycles. The van der Waals surface area contributed by atoms with Crippen LogP contribution >= 0.6 is 0 Å². The minimum Gasteiger partial charge on any atom is -0.341 e. The van der Waals surface area contributed by atoms with E-state index in [9.17, 15) is 0 Å². The standard InChI is InChI=1S/C14H19N5/c1-11-12(10-18(2)17-11)13-6-7-15-14(16-13)19-8-4-3-5-9-19/h6-7,10H,3-5,8-9H2,1-2H3. The predicted molar refractivity (Wildman–Crippen MR) is 75.0 cm³/mol. The maximum absolute atomic E-state index is 4.70. The fourth-order valence-electron chi connectivity index (χ4n) is 2.60. The minimum absolute atomic E-state index is 0.848. The van der Waals surface area contributed by atoms with Crippen LogP contribution in [0.25, 0.3) is 11.3 Å². The molecule has 2 aromatic heterocycles. The van der Waals surface area contributed by atoms with Crippen molar-refractivity contribution in [1.82, 2.24) is 19.7 Å². The van der Waals surface area contributed by atoms with Crippen LogP contribution in [-0.4, -0.2) is 32.8 Å². The average Bonchev–Trinajstić information content (AvgIpc) is 2.79. The molecule has 5 heteroatoms. The Balaban J connectivity index is 1.93. The minimum atomic E-state index is 0.848. The molecule has 0 unspecified atom stereocenters. The quantitative estimate of drug-likeness (QED) is 0.827. The Labute approximate surface area is 113 Å². The van der Waals surface area contributed by atoms with Crippen molar-refractivity contribution in [3.63, 3.8) is 0 Å². The highest BCUT2D eigenvalue weighted by Crippen LogP contribution is 2.22. The molecule has 2 aromatic rings. The summed E-state index contributed by atoms with van der Waals surface area (Å²) in [5.74, 6) is 0.848. The van der Waals surface area contributed by atoms with Crippen molar-refractivity contribution in [2.24, 2.45) is 7.05 Å². The summed E-state index contributed by atoms with van der Waals surface area (Å²) in [7, 11) is 1.93. The summed E-state index contributed by atoms with van der Waals surface area (Å²) in [6, 6.07) is 1.96. The second-order valence-electron chi connectivity index (χ2n) is 5.09. The Hall–Kier alpha value is -1.91. The number of aromatic nitrogens is 4. The number of rotatable bonds is 2. The van der Waals surface area contributed by atoms with E-state index in [1.54, 1.807) is 0 Å². The fourth-order valence-corrected chi connectivity index (χ4v) is 2.60. The molecule has 100 valence electrons. The number of anilines is 1. The van der Waals surface area contributed by atoms with Crippen molar-refractivity contribution in [2.45, 2.75) is 26.2 Å². The van der Waals surface area contributed by atoms with E-state index in [-0.39, 0.29) is 0 Å². The maximum Gasteiger partial charge on any atom is 0.225 e. The van der Waals surface area contributed by atoms with Crippen LogP contribution in [0.3, 0.4) is 0 Å². The second-order valence-corrected chi connectivity index (χ2v) is 5.09. The highest BCUT2D eigenvalue weighted by atomic mass is 15.3. The molecule has 0 saturated carbocycles. The van der Waals surface area contributed by atoms with Crippen molar-refractivity contribution in [3.05, 3.63) is 24.2 Å². The lowest BCUT2D eigenvalue weighted by molar-refractivity contribution is 0.568. The van der Waals surface area contributed by atoms with Crippen LogP contribution in [0.5, 0.6) is 0 Å². The number of aryl methyl sites for hydroxylation is 2. The second kappa shape index (κ2) is 4.99. The topological polar surface area (TPSA) is 46.8 Å². The van der Waals surface area contributed by atoms with Crippen LogP contribution in [0.1, 0.15) is 25.0 Å². The Morgan fingerprint density at radius 3 is 2.63 bits per heavy atom. The van der Waals surface area contributed by atoms with Gasteiger partial charge in [0.15, 0.2) is 0 Å². The number of hydrogen-bond donors (Lipinski definition) is 0. The van der Waals surface area contributed by atoms with Crippen molar-refractivity contribution in [2.75, 3.05) is 18.0 Å². The van der Waals surface area contributed by atoms with E-state index < -0.39 is 0 Å². The Kier molecular flexibility index (Phi) is 3.19. The van der Waals surface area contributed by atoms with E-state index in [1.807, 2.05) is 37.1 Å². The number of nitrogens with zero attached hydrogens (tertiary/aromatic N) is 5. The molecule has 0 atom stereocenters. The Morgan fingerprint density at radius 1 is 1.16 bits per heavy atom. The lowest BCUT2D eigenvalue weighted by atomic mass is 10.1. The summed E-state index contributed by atoms with van der Waals surface area (Å²) < 4.78 is 1.83. The molecule has 0 N–H and O–H groups in total. The molecule has 1 aliphatic rings. The van der Waals surface area contributed by atoms with Crippen LogP contribution in [0.2, 0.25) is 0 Å². The van der Waals surface area contributed by atoms with E-state index >= 15 is 0 Å². The number of piperidine rings is 1. The monoisotopic (exact) mass is 257 g/mol. The maximum atomic E-state index is 4.70. The van der Waals surface area contributed by atoms with Crippen LogP contribution in [0.4, 0.5) is 5.95 Å². The van der Waals surface area contributed by atoms with Gasteiger partial charge in [-0.2, -0.15) is 5.10 Å². The van der Waals surface area contributed by atoms with Gasteiger partial charge in [-0.05, 0) is 32.3 Å². The average molecular weight is 257 g/mol. The van der Waals surface area contributed by atoms with Gasteiger partial charge in [0, 0.05) is 38.1 Å². The molecule has 19 heavy (non-hydrogen) atoms. The summed E-state index contributed by atoms with van der Waals surface area (Å²) in [4.78, 5) is 11.4. The van der Waals surface area contributed by atoms with Gasteiger partial charge in [0.1, 0.15) is 0 Å². The van der Waals surface area contributed by atoms with Gasteiger partial charge in [-0.15, -0.1) is 0 Å². The highest BCUT2D eigenvalue weighted by molar-refractivity contribution is 5.61. The predicted octanol–water partition coefficient (Wildman–Crippen LogP) is 2.18. The van der Waals surface area contributed by atoms with Gasteiger partial charge in [-0.3, -0.25) is 4.68 Å². The van der Waals surface area contributed by atoms with E-state index in [0.717, 1.165) is 36.0 Å². The molecule has 0 bridgehead atoms.